The molecule has 8 heteroatoms. The molecule has 4 rings (SSSR count). The first-order valence-electron chi connectivity index (χ1n) is 9.15. The fraction of sp³-hybridized carbons (Fsp3) is 0.190. The third kappa shape index (κ3) is 4.40. The first-order valence-corrected chi connectivity index (χ1v) is 12.5. The average molecular weight is 445 g/mol. The van der Waals surface area contributed by atoms with Crippen LogP contribution in [-0.2, 0) is 21.4 Å². The highest BCUT2D eigenvalue weighted by Crippen LogP contribution is 2.31. The number of hydrogen-bond acceptors (Lipinski definition) is 5. The maximum Gasteiger partial charge on any atom is 0.249 e. The van der Waals surface area contributed by atoms with Gasteiger partial charge in [0.2, 0.25) is 15.9 Å². The summed E-state index contributed by atoms with van der Waals surface area (Å²) in [6.07, 6.45) is 0. The van der Waals surface area contributed by atoms with Crippen molar-refractivity contribution in [3.8, 4) is 11.1 Å². The highest BCUT2D eigenvalue weighted by atomic mass is 32.2. The number of nitrogens with zero attached hydrogens (tertiary/aromatic N) is 1. The molecule has 1 amide bonds. The Bertz CT molecular complexity index is 1070. The van der Waals surface area contributed by atoms with Gasteiger partial charge in [-0.25, -0.2) is 8.42 Å². The Balaban J connectivity index is 1.50. The van der Waals surface area contributed by atoms with Gasteiger partial charge in [-0.1, -0.05) is 48.5 Å². The third-order valence-electron chi connectivity index (χ3n) is 4.66. The fourth-order valence-corrected chi connectivity index (χ4v) is 6.91. The van der Waals surface area contributed by atoms with Crippen LogP contribution in [0, 0.1) is 0 Å². The highest BCUT2D eigenvalue weighted by molar-refractivity contribution is 8.02. The van der Waals surface area contributed by atoms with Crippen molar-refractivity contribution in [1.29, 1.82) is 0 Å². The van der Waals surface area contributed by atoms with Gasteiger partial charge in [-0.15, -0.1) is 23.1 Å². The van der Waals surface area contributed by atoms with Gasteiger partial charge < -0.3 is 5.32 Å². The normalized spacial score (nSPS) is 17.3. The molecule has 1 saturated heterocycles. The second-order valence-electron chi connectivity index (χ2n) is 6.53. The van der Waals surface area contributed by atoms with Gasteiger partial charge in [-0.05, 0) is 34.7 Å². The predicted octanol–water partition coefficient (Wildman–Crippen LogP) is 3.80. The Hall–Kier alpha value is -2.13. The maximum atomic E-state index is 13.2. The number of carbonyl (C=O) groups excluding carboxylic acids is 1. The number of thiophene rings is 1. The van der Waals surface area contributed by atoms with Crippen molar-refractivity contribution in [2.45, 2.75) is 16.8 Å². The summed E-state index contributed by atoms with van der Waals surface area (Å²) in [6.45, 7) is 0.734. The van der Waals surface area contributed by atoms with Crippen molar-refractivity contribution in [3.05, 3.63) is 77.0 Å². The van der Waals surface area contributed by atoms with E-state index in [2.05, 4.69) is 5.32 Å². The molecule has 1 fully saturated rings. The second kappa shape index (κ2) is 8.71. The molecule has 2 aromatic carbocycles. The van der Waals surface area contributed by atoms with E-state index >= 15 is 0 Å². The Labute approximate surface area is 178 Å². The van der Waals surface area contributed by atoms with Gasteiger partial charge in [-0.2, -0.15) is 4.31 Å². The van der Waals surface area contributed by atoms with Gasteiger partial charge in [0.15, 0.2) is 0 Å². The van der Waals surface area contributed by atoms with Gasteiger partial charge >= 0.3 is 0 Å². The summed E-state index contributed by atoms with van der Waals surface area (Å²) in [5.41, 5.74) is 1.98. The number of benzene rings is 2. The average Bonchev–Trinajstić information content (AvgIpc) is 3.45. The van der Waals surface area contributed by atoms with Gasteiger partial charge in [0.25, 0.3) is 0 Å². The van der Waals surface area contributed by atoms with Crippen LogP contribution in [0.3, 0.4) is 0 Å². The fourth-order valence-electron chi connectivity index (χ4n) is 3.17. The Morgan fingerprint density at radius 2 is 1.72 bits per heavy atom. The molecule has 3 aromatic rings. The van der Waals surface area contributed by atoms with Gasteiger partial charge in [0.05, 0.1) is 11.4 Å². The Morgan fingerprint density at radius 3 is 2.41 bits per heavy atom. The zero-order chi connectivity index (χ0) is 20.3. The van der Waals surface area contributed by atoms with Crippen LogP contribution in [0.15, 0.2) is 77.0 Å². The van der Waals surface area contributed by atoms with Crippen molar-refractivity contribution in [2.75, 3.05) is 12.3 Å². The number of amides is 1. The van der Waals surface area contributed by atoms with Crippen LogP contribution in [-0.4, -0.2) is 36.3 Å². The summed E-state index contributed by atoms with van der Waals surface area (Å²) in [5.74, 6) is 0.323. The summed E-state index contributed by atoms with van der Waals surface area (Å²) >= 11 is 2.91. The van der Waals surface area contributed by atoms with E-state index in [9.17, 15) is 13.2 Å². The molecule has 0 bridgehead atoms. The molecule has 1 aromatic heterocycles. The summed E-state index contributed by atoms with van der Waals surface area (Å²) in [4.78, 5) is 13.9. The van der Waals surface area contributed by atoms with Crippen molar-refractivity contribution in [3.63, 3.8) is 0 Å². The van der Waals surface area contributed by atoms with Crippen LogP contribution < -0.4 is 5.32 Å². The van der Waals surface area contributed by atoms with E-state index in [1.165, 1.54) is 16.1 Å². The number of sulfonamides is 1. The van der Waals surface area contributed by atoms with E-state index in [1.807, 2.05) is 47.8 Å². The molecule has 1 N–H and O–H groups in total. The van der Waals surface area contributed by atoms with E-state index in [0.29, 0.717) is 18.8 Å². The lowest BCUT2D eigenvalue weighted by Gasteiger charge is -2.22. The molecule has 0 saturated carbocycles. The molecule has 1 atom stereocenters. The first kappa shape index (κ1) is 20.2. The Morgan fingerprint density at radius 1 is 1.00 bits per heavy atom. The summed E-state index contributed by atoms with van der Waals surface area (Å²) in [5, 5.41) is 4.06. The predicted molar refractivity (Wildman–Crippen MR) is 118 cm³/mol. The number of hydrogen-bond donors (Lipinski definition) is 1. The van der Waals surface area contributed by atoms with Crippen LogP contribution in [0.4, 0.5) is 0 Å². The standard InChI is InChI=1S/C21H20N2O3S3/c24-20(22-15-18-7-4-13-27-18)21-23(12-14-28-21)29(25,26)19-10-8-17(9-11-19)16-5-2-1-3-6-16/h1-11,13,21H,12,14-15H2,(H,22,24). The van der Waals surface area contributed by atoms with Gasteiger partial charge in [-0.3, -0.25) is 4.79 Å². The smallest absolute Gasteiger partial charge is 0.249 e. The van der Waals surface area contributed by atoms with Gasteiger partial charge in [0.1, 0.15) is 5.37 Å². The van der Waals surface area contributed by atoms with E-state index in [1.54, 1.807) is 35.6 Å². The minimum absolute atomic E-state index is 0.204. The minimum atomic E-state index is -3.75. The molecule has 0 radical (unpaired) electrons. The number of thioether (sulfide) groups is 1. The second-order valence-corrected chi connectivity index (χ2v) is 10.6. The van der Waals surface area contributed by atoms with Crippen LogP contribution in [0.2, 0.25) is 0 Å². The molecule has 29 heavy (non-hydrogen) atoms. The topological polar surface area (TPSA) is 66.5 Å². The molecule has 0 spiro atoms. The van der Waals surface area contributed by atoms with Crippen molar-refractivity contribution >= 4 is 39.0 Å². The van der Waals surface area contributed by atoms with E-state index in [0.717, 1.165) is 16.0 Å². The molecule has 1 aliphatic heterocycles. The minimum Gasteiger partial charge on any atom is -0.349 e. The van der Waals surface area contributed by atoms with E-state index in [4.69, 9.17) is 0 Å². The zero-order valence-electron chi connectivity index (χ0n) is 15.5. The lowest BCUT2D eigenvalue weighted by Crippen LogP contribution is -2.44. The Kier molecular flexibility index (Phi) is 6.05. The van der Waals surface area contributed by atoms with E-state index < -0.39 is 15.4 Å². The number of nitrogens with one attached hydrogen (secondary N) is 1. The molecule has 1 aliphatic rings. The molecule has 2 heterocycles. The summed E-state index contributed by atoms with van der Waals surface area (Å²) < 4.78 is 27.6. The highest BCUT2D eigenvalue weighted by Gasteiger charge is 2.40. The molecule has 150 valence electrons. The first-order chi connectivity index (χ1) is 14.1. The quantitative estimate of drug-likeness (QED) is 0.628. The molecule has 1 unspecified atom stereocenters. The molecular formula is C21H20N2O3S3. The summed E-state index contributed by atoms with van der Waals surface area (Å²) in [6, 6.07) is 20.5. The number of carbonyl (C=O) groups is 1. The molecule has 0 aliphatic carbocycles. The third-order valence-corrected chi connectivity index (χ3v) is 8.75. The van der Waals surface area contributed by atoms with Crippen LogP contribution in [0.1, 0.15) is 4.88 Å². The van der Waals surface area contributed by atoms with Crippen LogP contribution in [0.25, 0.3) is 11.1 Å². The molecular weight excluding hydrogens is 424 g/mol. The van der Waals surface area contributed by atoms with Crippen molar-refractivity contribution in [1.82, 2.24) is 9.62 Å². The monoisotopic (exact) mass is 444 g/mol. The summed E-state index contributed by atoms with van der Waals surface area (Å²) in [7, 11) is -3.75. The van der Waals surface area contributed by atoms with E-state index in [-0.39, 0.29) is 10.8 Å². The lowest BCUT2D eigenvalue weighted by atomic mass is 10.1. The lowest BCUT2D eigenvalue weighted by molar-refractivity contribution is -0.122. The number of rotatable bonds is 6. The molecule has 5 nitrogen and oxygen atoms in total. The SMILES string of the molecule is O=C(NCc1cccs1)C1SCCN1S(=O)(=O)c1ccc(-c2ccccc2)cc1. The van der Waals surface area contributed by atoms with Crippen molar-refractivity contribution < 1.29 is 13.2 Å². The van der Waals surface area contributed by atoms with Crippen LogP contribution in [0.5, 0.6) is 0 Å². The van der Waals surface area contributed by atoms with Crippen LogP contribution >= 0.6 is 23.1 Å². The van der Waals surface area contributed by atoms with Crippen molar-refractivity contribution in [2.24, 2.45) is 0 Å². The zero-order valence-corrected chi connectivity index (χ0v) is 18.0. The maximum absolute atomic E-state index is 13.2. The largest absolute Gasteiger partial charge is 0.349 e. The van der Waals surface area contributed by atoms with Gasteiger partial charge in [0, 0.05) is 17.2 Å².